The van der Waals surface area contributed by atoms with Crippen LogP contribution >= 0.6 is 11.6 Å². The summed E-state index contributed by atoms with van der Waals surface area (Å²) in [6.45, 7) is 0. The van der Waals surface area contributed by atoms with Crippen molar-refractivity contribution in [1.82, 2.24) is 15.3 Å². The molecular formula is C21H20ClFN6O3S. The summed E-state index contributed by atoms with van der Waals surface area (Å²) in [5, 5.41) is 8.72. The van der Waals surface area contributed by atoms with E-state index in [1.54, 1.807) is 24.3 Å². The van der Waals surface area contributed by atoms with Gasteiger partial charge in [0.05, 0.1) is 29.5 Å². The molecule has 9 nitrogen and oxygen atoms in total. The third-order valence-electron chi connectivity index (χ3n) is 4.61. The summed E-state index contributed by atoms with van der Waals surface area (Å²) in [7, 11) is -3.51. The molecule has 172 valence electrons. The molecule has 4 rings (SSSR count). The van der Waals surface area contributed by atoms with Crippen molar-refractivity contribution < 1.29 is 17.6 Å². The van der Waals surface area contributed by atoms with E-state index in [-0.39, 0.29) is 34.4 Å². The van der Waals surface area contributed by atoms with Gasteiger partial charge in [-0.15, -0.1) is 0 Å². The number of amides is 1. The minimum atomic E-state index is -3.51. The summed E-state index contributed by atoms with van der Waals surface area (Å²) in [5.74, 6) is -0.683. The van der Waals surface area contributed by atoms with Crippen LogP contribution in [0.25, 0.3) is 0 Å². The second kappa shape index (κ2) is 9.20. The van der Waals surface area contributed by atoms with Crippen molar-refractivity contribution in [2.45, 2.75) is 18.9 Å². The van der Waals surface area contributed by atoms with Crippen molar-refractivity contribution in [3.63, 3.8) is 0 Å². The van der Waals surface area contributed by atoms with Crippen LogP contribution in [0.3, 0.4) is 0 Å². The molecule has 1 heterocycles. The van der Waals surface area contributed by atoms with E-state index in [0.717, 1.165) is 19.1 Å². The third-order valence-corrected chi connectivity index (χ3v) is 5.47. The van der Waals surface area contributed by atoms with Crippen LogP contribution in [0.5, 0.6) is 0 Å². The Morgan fingerprint density at radius 1 is 1.09 bits per heavy atom. The van der Waals surface area contributed by atoms with Crippen LogP contribution in [0.1, 0.15) is 23.2 Å². The molecule has 0 atom stereocenters. The summed E-state index contributed by atoms with van der Waals surface area (Å²) in [5.41, 5.74) is 1.02. The van der Waals surface area contributed by atoms with E-state index in [4.69, 9.17) is 11.6 Å². The largest absolute Gasteiger partial charge is 0.349 e. The topological polar surface area (TPSA) is 125 Å². The molecule has 1 aromatic heterocycles. The van der Waals surface area contributed by atoms with Gasteiger partial charge in [0.25, 0.3) is 5.91 Å². The number of carbonyl (C=O) groups excluding carboxylic acids is 1. The average Bonchev–Trinajstić information content (AvgIpc) is 3.56. The van der Waals surface area contributed by atoms with E-state index in [1.165, 1.54) is 24.4 Å². The van der Waals surface area contributed by atoms with E-state index in [1.807, 2.05) is 0 Å². The molecule has 12 heteroatoms. The van der Waals surface area contributed by atoms with Gasteiger partial charge in [-0.2, -0.15) is 4.98 Å². The Labute approximate surface area is 194 Å². The fourth-order valence-corrected chi connectivity index (χ4v) is 3.62. The molecule has 0 bridgehead atoms. The van der Waals surface area contributed by atoms with Gasteiger partial charge in [-0.25, -0.2) is 17.8 Å². The monoisotopic (exact) mass is 490 g/mol. The van der Waals surface area contributed by atoms with Crippen molar-refractivity contribution in [2.75, 3.05) is 21.6 Å². The molecule has 0 aliphatic heterocycles. The van der Waals surface area contributed by atoms with Crippen molar-refractivity contribution in [3.05, 3.63) is 65.1 Å². The highest BCUT2D eigenvalue weighted by atomic mass is 35.5. The highest BCUT2D eigenvalue weighted by Crippen LogP contribution is 2.30. The lowest BCUT2D eigenvalue weighted by Crippen LogP contribution is -2.25. The molecule has 0 saturated heterocycles. The Kier molecular flexibility index (Phi) is 6.34. The molecular weight excluding hydrogens is 471 g/mol. The third kappa shape index (κ3) is 6.08. The van der Waals surface area contributed by atoms with Gasteiger partial charge in [-0.3, -0.25) is 9.52 Å². The number of sulfonamides is 1. The van der Waals surface area contributed by atoms with Crippen LogP contribution in [0.4, 0.5) is 33.2 Å². The highest BCUT2D eigenvalue weighted by Gasteiger charge is 2.24. The SMILES string of the molecule is CS(=O)(=O)Nc1ccccc1Nc1nc(Nc2cc(C(=O)NC3CC3)ccc2F)ncc1Cl. The number of para-hydroxylation sites is 2. The summed E-state index contributed by atoms with van der Waals surface area (Å²) in [6.07, 6.45) is 4.23. The molecule has 2 aromatic carbocycles. The predicted octanol–water partition coefficient (Wildman–Crippen LogP) is 4.02. The molecule has 1 aliphatic carbocycles. The minimum absolute atomic E-state index is 0.0193. The number of hydrogen-bond acceptors (Lipinski definition) is 7. The van der Waals surface area contributed by atoms with Crippen LogP contribution in [-0.2, 0) is 10.0 Å². The maximum absolute atomic E-state index is 14.4. The summed E-state index contributed by atoms with van der Waals surface area (Å²) in [4.78, 5) is 20.6. The second-order valence-corrected chi connectivity index (χ2v) is 9.66. The van der Waals surface area contributed by atoms with E-state index in [2.05, 4.69) is 30.6 Å². The number of aromatic nitrogens is 2. The molecule has 1 amide bonds. The first-order chi connectivity index (χ1) is 15.7. The minimum Gasteiger partial charge on any atom is -0.349 e. The van der Waals surface area contributed by atoms with Crippen molar-refractivity contribution in [1.29, 1.82) is 0 Å². The van der Waals surface area contributed by atoms with Crippen molar-refractivity contribution in [2.24, 2.45) is 0 Å². The number of anilines is 5. The normalized spacial score (nSPS) is 13.3. The van der Waals surface area contributed by atoms with E-state index in [0.29, 0.717) is 16.9 Å². The van der Waals surface area contributed by atoms with Gasteiger partial charge < -0.3 is 16.0 Å². The fourth-order valence-electron chi connectivity index (χ4n) is 2.90. The Morgan fingerprint density at radius 3 is 2.52 bits per heavy atom. The van der Waals surface area contributed by atoms with Crippen LogP contribution in [0, 0.1) is 5.82 Å². The first kappa shape index (κ1) is 22.7. The van der Waals surface area contributed by atoms with Gasteiger partial charge in [0.2, 0.25) is 16.0 Å². The number of nitrogens with zero attached hydrogens (tertiary/aromatic N) is 2. The zero-order valence-corrected chi connectivity index (χ0v) is 19.0. The second-order valence-electron chi connectivity index (χ2n) is 7.50. The van der Waals surface area contributed by atoms with E-state index in [9.17, 15) is 17.6 Å². The summed E-state index contributed by atoms with van der Waals surface area (Å²) in [6, 6.07) is 10.7. The van der Waals surface area contributed by atoms with Gasteiger partial charge in [0.1, 0.15) is 10.8 Å². The van der Waals surface area contributed by atoms with Gasteiger partial charge in [-0.1, -0.05) is 23.7 Å². The van der Waals surface area contributed by atoms with Gasteiger partial charge in [0, 0.05) is 11.6 Å². The Balaban J connectivity index is 1.57. The lowest BCUT2D eigenvalue weighted by molar-refractivity contribution is 0.0951. The number of rotatable bonds is 8. The molecule has 0 spiro atoms. The number of hydrogen-bond donors (Lipinski definition) is 4. The standard InChI is InChI=1S/C21H20ClFN6O3S/c1-33(31,32)29-17-5-3-2-4-16(17)26-19-14(22)11-24-21(28-19)27-18-10-12(6-9-15(18)23)20(30)25-13-7-8-13/h2-6,9-11,13,29H,7-8H2,1H3,(H,25,30)(H2,24,26,27,28). The molecule has 1 fully saturated rings. The zero-order valence-electron chi connectivity index (χ0n) is 17.4. The Morgan fingerprint density at radius 2 is 1.82 bits per heavy atom. The van der Waals surface area contributed by atoms with Gasteiger partial charge in [0.15, 0.2) is 5.82 Å². The smallest absolute Gasteiger partial charge is 0.251 e. The first-order valence-corrected chi connectivity index (χ1v) is 12.2. The predicted molar refractivity (Wildman–Crippen MR) is 125 cm³/mol. The first-order valence-electron chi connectivity index (χ1n) is 9.92. The van der Waals surface area contributed by atoms with Gasteiger partial charge in [-0.05, 0) is 43.2 Å². The van der Waals surface area contributed by atoms with E-state index >= 15 is 0 Å². The van der Waals surface area contributed by atoms with Crippen LogP contribution in [0.2, 0.25) is 5.02 Å². The molecule has 0 radical (unpaired) electrons. The number of nitrogens with one attached hydrogen (secondary N) is 4. The fraction of sp³-hybridized carbons (Fsp3) is 0.190. The Bertz CT molecular complexity index is 1320. The number of benzene rings is 2. The highest BCUT2D eigenvalue weighted by molar-refractivity contribution is 7.92. The van der Waals surface area contributed by atoms with Crippen molar-refractivity contribution in [3.8, 4) is 0 Å². The van der Waals surface area contributed by atoms with Gasteiger partial charge >= 0.3 is 0 Å². The quantitative estimate of drug-likeness (QED) is 0.376. The van der Waals surface area contributed by atoms with E-state index < -0.39 is 15.8 Å². The maximum atomic E-state index is 14.4. The van der Waals surface area contributed by atoms with Crippen LogP contribution in [0.15, 0.2) is 48.7 Å². The lowest BCUT2D eigenvalue weighted by Gasteiger charge is -2.14. The Hall–Kier alpha value is -3.44. The summed E-state index contributed by atoms with van der Waals surface area (Å²) >= 11 is 6.21. The molecule has 33 heavy (non-hydrogen) atoms. The number of halogens is 2. The molecule has 4 N–H and O–H groups in total. The average molecular weight is 491 g/mol. The summed E-state index contributed by atoms with van der Waals surface area (Å²) < 4.78 is 40.0. The van der Waals surface area contributed by atoms with Crippen LogP contribution < -0.4 is 20.7 Å². The molecule has 1 aliphatic rings. The maximum Gasteiger partial charge on any atom is 0.251 e. The van der Waals surface area contributed by atoms with Crippen molar-refractivity contribution >= 4 is 56.4 Å². The number of carbonyl (C=O) groups is 1. The van der Waals surface area contributed by atoms with Crippen LogP contribution in [-0.4, -0.2) is 36.6 Å². The molecule has 3 aromatic rings. The zero-order chi connectivity index (χ0) is 23.6. The molecule has 1 saturated carbocycles. The lowest BCUT2D eigenvalue weighted by atomic mass is 10.1. The molecule has 0 unspecified atom stereocenters.